The predicted molar refractivity (Wildman–Crippen MR) is 104 cm³/mol. The van der Waals surface area contributed by atoms with Gasteiger partial charge in [-0.25, -0.2) is 4.98 Å². The minimum atomic E-state index is -0.442. The number of carbonyl (C=O) groups excluding carboxylic acids is 1. The molecule has 4 rings (SSSR count). The monoisotopic (exact) mass is 365 g/mol. The van der Waals surface area contributed by atoms with Crippen LogP contribution in [-0.4, -0.2) is 46.9 Å². The number of carbonyl (C=O) groups is 1. The maximum atomic E-state index is 11.3. The highest BCUT2D eigenvalue weighted by Crippen LogP contribution is 2.27. The van der Waals surface area contributed by atoms with Crippen LogP contribution in [0, 0.1) is 10.1 Å². The second-order valence-corrected chi connectivity index (χ2v) is 6.62. The van der Waals surface area contributed by atoms with Gasteiger partial charge in [0.1, 0.15) is 12.0 Å². The standard InChI is InChI=1S/C19H19N5O3/c1-21-12-14(13-25)17-10-15(2-4-18(17)21)22-6-8-23(9-7-22)19-5-3-16(11-20-19)24(26)27/h2-5,10-13H,6-9H2,1H3. The zero-order valence-corrected chi connectivity index (χ0v) is 14.9. The molecule has 1 aliphatic rings. The summed E-state index contributed by atoms with van der Waals surface area (Å²) in [4.78, 5) is 30.2. The summed E-state index contributed by atoms with van der Waals surface area (Å²) in [5.74, 6) is 0.752. The van der Waals surface area contributed by atoms with Crippen LogP contribution >= 0.6 is 0 Å². The topological polar surface area (TPSA) is 84.5 Å². The van der Waals surface area contributed by atoms with Crippen LogP contribution < -0.4 is 9.80 Å². The van der Waals surface area contributed by atoms with Gasteiger partial charge in [0, 0.05) is 67.6 Å². The van der Waals surface area contributed by atoms with Crippen molar-refractivity contribution in [3.05, 3.63) is 58.4 Å². The van der Waals surface area contributed by atoms with Crippen LogP contribution in [0.1, 0.15) is 10.4 Å². The third kappa shape index (κ3) is 3.10. The molecule has 0 unspecified atom stereocenters. The Morgan fingerprint density at radius 2 is 1.85 bits per heavy atom. The van der Waals surface area contributed by atoms with Crippen LogP contribution in [0.25, 0.3) is 10.9 Å². The van der Waals surface area contributed by atoms with Gasteiger partial charge in [0.25, 0.3) is 5.69 Å². The fourth-order valence-corrected chi connectivity index (χ4v) is 3.57. The molecule has 0 atom stereocenters. The van der Waals surface area contributed by atoms with Crippen LogP contribution in [0.2, 0.25) is 0 Å². The number of aromatic nitrogens is 2. The van der Waals surface area contributed by atoms with Gasteiger partial charge in [0.05, 0.1) is 4.92 Å². The van der Waals surface area contributed by atoms with Crippen LogP contribution in [0.3, 0.4) is 0 Å². The van der Waals surface area contributed by atoms with Crippen molar-refractivity contribution in [1.82, 2.24) is 9.55 Å². The number of benzene rings is 1. The number of aryl methyl sites for hydroxylation is 1. The molecule has 0 bridgehead atoms. The second-order valence-electron chi connectivity index (χ2n) is 6.62. The lowest BCUT2D eigenvalue weighted by Gasteiger charge is -2.36. The highest BCUT2D eigenvalue weighted by molar-refractivity contribution is 5.99. The predicted octanol–water partition coefficient (Wildman–Crippen LogP) is 2.62. The number of rotatable bonds is 4. The van der Waals surface area contributed by atoms with Crippen molar-refractivity contribution in [2.75, 3.05) is 36.0 Å². The lowest BCUT2D eigenvalue weighted by atomic mass is 10.1. The number of hydrogen-bond acceptors (Lipinski definition) is 6. The fraction of sp³-hybridized carbons (Fsp3) is 0.263. The molecule has 8 nitrogen and oxygen atoms in total. The minimum Gasteiger partial charge on any atom is -0.368 e. The van der Waals surface area contributed by atoms with Gasteiger partial charge in [-0.05, 0) is 24.3 Å². The molecule has 2 aromatic heterocycles. The van der Waals surface area contributed by atoms with Gasteiger partial charge < -0.3 is 14.4 Å². The molecule has 3 heterocycles. The van der Waals surface area contributed by atoms with E-state index in [1.54, 1.807) is 6.07 Å². The number of pyridine rings is 1. The van der Waals surface area contributed by atoms with E-state index in [2.05, 4.69) is 26.9 Å². The third-order valence-electron chi connectivity index (χ3n) is 5.04. The number of nitro groups is 1. The number of piperazine rings is 1. The van der Waals surface area contributed by atoms with Crippen LogP contribution in [0.5, 0.6) is 0 Å². The summed E-state index contributed by atoms with van der Waals surface area (Å²) in [5, 5.41) is 11.7. The van der Waals surface area contributed by atoms with Crippen molar-refractivity contribution in [3.63, 3.8) is 0 Å². The van der Waals surface area contributed by atoms with Crippen molar-refractivity contribution in [2.45, 2.75) is 0 Å². The van der Waals surface area contributed by atoms with Gasteiger partial charge in [-0.1, -0.05) is 0 Å². The Morgan fingerprint density at radius 1 is 1.11 bits per heavy atom. The Hall–Kier alpha value is -3.42. The first-order valence-corrected chi connectivity index (χ1v) is 8.71. The first-order valence-electron chi connectivity index (χ1n) is 8.71. The summed E-state index contributed by atoms with van der Waals surface area (Å²) < 4.78 is 1.96. The summed E-state index contributed by atoms with van der Waals surface area (Å²) in [7, 11) is 1.94. The highest BCUT2D eigenvalue weighted by Gasteiger charge is 2.20. The molecule has 0 spiro atoms. The number of hydrogen-bond donors (Lipinski definition) is 0. The van der Waals surface area contributed by atoms with E-state index in [4.69, 9.17) is 0 Å². The van der Waals surface area contributed by atoms with Crippen molar-refractivity contribution in [3.8, 4) is 0 Å². The molecule has 1 fully saturated rings. The number of fused-ring (bicyclic) bond motifs is 1. The minimum absolute atomic E-state index is 0.000434. The molecule has 1 aromatic carbocycles. The number of nitrogens with zero attached hydrogens (tertiary/aromatic N) is 5. The van der Waals surface area contributed by atoms with Crippen molar-refractivity contribution < 1.29 is 9.72 Å². The average molecular weight is 365 g/mol. The maximum absolute atomic E-state index is 11.3. The Morgan fingerprint density at radius 3 is 2.48 bits per heavy atom. The normalized spacial score (nSPS) is 14.6. The van der Waals surface area contributed by atoms with E-state index in [1.807, 2.05) is 23.9 Å². The summed E-state index contributed by atoms with van der Waals surface area (Å²) in [6, 6.07) is 9.37. The zero-order chi connectivity index (χ0) is 19.0. The molecule has 1 aliphatic heterocycles. The highest BCUT2D eigenvalue weighted by atomic mass is 16.6. The number of aldehydes is 1. The smallest absolute Gasteiger partial charge is 0.287 e. The Labute approximate surface area is 155 Å². The van der Waals surface area contributed by atoms with Crippen LogP contribution in [-0.2, 0) is 7.05 Å². The summed E-state index contributed by atoms with van der Waals surface area (Å²) in [6.07, 6.45) is 4.04. The Balaban J connectivity index is 1.49. The van der Waals surface area contributed by atoms with Gasteiger partial charge in [-0.3, -0.25) is 14.9 Å². The molecule has 1 saturated heterocycles. The largest absolute Gasteiger partial charge is 0.368 e. The quantitative estimate of drug-likeness (QED) is 0.401. The first kappa shape index (κ1) is 17.0. The lowest BCUT2D eigenvalue weighted by molar-refractivity contribution is -0.385. The first-order chi connectivity index (χ1) is 13.1. The molecule has 138 valence electrons. The van der Waals surface area contributed by atoms with E-state index in [0.29, 0.717) is 5.56 Å². The zero-order valence-electron chi connectivity index (χ0n) is 14.9. The molecule has 0 aliphatic carbocycles. The molecule has 3 aromatic rings. The summed E-state index contributed by atoms with van der Waals surface area (Å²) >= 11 is 0. The van der Waals surface area contributed by atoms with E-state index in [1.165, 1.54) is 12.3 Å². The molecular formula is C19H19N5O3. The van der Waals surface area contributed by atoms with Gasteiger partial charge >= 0.3 is 0 Å². The molecule has 8 heteroatoms. The van der Waals surface area contributed by atoms with Gasteiger partial charge in [-0.2, -0.15) is 0 Å². The van der Waals surface area contributed by atoms with Crippen LogP contribution in [0.15, 0.2) is 42.7 Å². The fourth-order valence-electron chi connectivity index (χ4n) is 3.57. The molecule has 0 amide bonds. The van der Waals surface area contributed by atoms with Crippen molar-refractivity contribution in [1.29, 1.82) is 0 Å². The number of anilines is 2. The molecule has 0 saturated carbocycles. The van der Waals surface area contributed by atoms with E-state index < -0.39 is 4.92 Å². The SMILES string of the molecule is Cn1cc(C=O)c2cc(N3CCN(c4ccc([N+](=O)[O-])cn4)CC3)ccc21. The van der Waals surface area contributed by atoms with E-state index in [-0.39, 0.29) is 5.69 Å². The van der Waals surface area contributed by atoms with Gasteiger partial charge in [0.15, 0.2) is 6.29 Å². The van der Waals surface area contributed by atoms with Crippen LogP contribution in [0.4, 0.5) is 17.2 Å². The van der Waals surface area contributed by atoms with E-state index in [0.717, 1.165) is 54.9 Å². The maximum Gasteiger partial charge on any atom is 0.287 e. The summed E-state index contributed by atoms with van der Waals surface area (Å²) in [5.41, 5.74) is 2.82. The molecule has 0 N–H and O–H groups in total. The van der Waals surface area contributed by atoms with E-state index >= 15 is 0 Å². The van der Waals surface area contributed by atoms with Gasteiger partial charge in [-0.15, -0.1) is 0 Å². The van der Waals surface area contributed by atoms with Gasteiger partial charge in [0.2, 0.25) is 0 Å². The van der Waals surface area contributed by atoms with Crippen molar-refractivity contribution >= 4 is 34.4 Å². The lowest BCUT2D eigenvalue weighted by Crippen LogP contribution is -2.46. The second kappa shape index (κ2) is 6.71. The summed E-state index contributed by atoms with van der Waals surface area (Å²) in [6.45, 7) is 3.18. The third-order valence-corrected chi connectivity index (χ3v) is 5.04. The van der Waals surface area contributed by atoms with E-state index in [9.17, 15) is 14.9 Å². The molecule has 0 radical (unpaired) electrons. The molecular weight excluding hydrogens is 346 g/mol. The Kier molecular flexibility index (Phi) is 4.23. The molecule has 27 heavy (non-hydrogen) atoms. The average Bonchev–Trinajstić information content (AvgIpc) is 3.03. The van der Waals surface area contributed by atoms with Crippen molar-refractivity contribution in [2.24, 2.45) is 7.05 Å². The Bertz CT molecular complexity index is 1000.